The van der Waals surface area contributed by atoms with E-state index in [1.165, 1.54) is 39.8 Å². The molecule has 1 aliphatic heterocycles. The van der Waals surface area contributed by atoms with Crippen LogP contribution in [0.25, 0.3) is 0 Å². The van der Waals surface area contributed by atoms with Gasteiger partial charge in [-0.2, -0.15) is 0 Å². The van der Waals surface area contributed by atoms with E-state index in [2.05, 4.69) is 5.32 Å². The third-order valence-corrected chi connectivity index (χ3v) is 13.6. The van der Waals surface area contributed by atoms with Crippen molar-refractivity contribution >= 4 is 35.6 Å². The summed E-state index contributed by atoms with van der Waals surface area (Å²) >= 11 is 0. The summed E-state index contributed by atoms with van der Waals surface area (Å²) in [5.41, 5.74) is -7.54. The van der Waals surface area contributed by atoms with Gasteiger partial charge in [-0.1, -0.05) is 80.6 Å². The highest BCUT2D eigenvalue weighted by molar-refractivity contribution is 5.96. The molecule has 7 rings (SSSR count). The number of esters is 4. The zero-order chi connectivity index (χ0) is 45.6. The van der Waals surface area contributed by atoms with Gasteiger partial charge in [-0.05, 0) is 54.8 Å². The summed E-state index contributed by atoms with van der Waals surface area (Å²) in [7, 11) is 0. The third-order valence-electron chi connectivity index (χ3n) is 13.6. The van der Waals surface area contributed by atoms with Gasteiger partial charge in [0.05, 0.1) is 35.6 Å². The molecule has 3 aromatic carbocycles. The fraction of sp³-hybridized carbons (Fsp3) is 0.447. The van der Waals surface area contributed by atoms with Crippen LogP contribution >= 0.6 is 0 Å². The first-order valence-corrected chi connectivity index (χ1v) is 20.6. The molecule has 2 bridgehead atoms. The molecule has 63 heavy (non-hydrogen) atoms. The number of ether oxygens (including phenoxy) is 5. The van der Waals surface area contributed by atoms with Crippen molar-refractivity contribution in [2.45, 2.75) is 101 Å². The topological polar surface area (TPSA) is 242 Å². The highest BCUT2D eigenvalue weighted by Crippen LogP contribution is 2.64. The molecule has 334 valence electrons. The maximum Gasteiger partial charge on any atom is 0.338 e. The van der Waals surface area contributed by atoms with Crippen molar-refractivity contribution < 1.29 is 72.9 Å². The molecule has 2 saturated carbocycles. The van der Waals surface area contributed by atoms with E-state index in [4.69, 9.17) is 23.7 Å². The normalized spacial score (nSPS) is 31.5. The predicted molar refractivity (Wildman–Crippen MR) is 219 cm³/mol. The Bertz CT molecular complexity index is 2300. The van der Waals surface area contributed by atoms with Crippen LogP contribution in [0.1, 0.15) is 79.8 Å². The van der Waals surface area contributed by atoms with E-state index in [1.54, 1.807) is 78.9 Å². The molecule has 1 saturated heterocycles. The Morgan fingerprint density at radius 2 is 1.46 bits per heavy atom. The minimum absolute atomic E-state index is 0.0430. The van der Waals surface area contributed by atoms with Crippen molar-refractivity contribution in [3.05, 3.63) is 119 Å². The summed E-state index contributed by atoms with van der Waals surface area (Å²) in [6.07, 6.45) is -11.0. The molecule has 0 spiro atoms. The Morgan fingerprint density at radius 1 is 0.873 bits per heavy atom. The van der Waals surface area contributed by atoms with Gasteiger partial charge >= 0.3 is 23.9 Å². The summed E-state index contributed by atoms with van der Waals surface area (Å²) < 4.78 is 30.1. The van der Waals surface area contributed by atoms with Crippen LogP contribution in [0.2, 0.25) is 0 Å². The minimum atomic E-state index is -2.45. The third kappa shape index (κ3) is 7.63. The second-order valence-corrected chi connectivity index (χ2v) is 17.4. The summed E-state index contributed by atoms with van der Waals surface area (Å²) in [5.74, 6) is -7.48. The lowest BCUT2D eigenvalue weighted by molar-refractivity contribution is -0.346. The molecule has 1 heterocycles. The quantitative estimate of drug-likeness (QED) is 0.106. The molecule has 16 heteroatoms. The van der Waals surface area contributed by atoms with Gasteiger partial charge in [0.2, 0.25) is 0 Å². The van der Waals surface area contributed by atoms with Crippen LogP contribution in [-0.4, -0.2) is 117 Å². The number of ketones is 1. The van der Waals surface area contributed by atoms with Crippen LogP contribution in [0, 0.1) is 16.7 Å². The number of carbonyl (C=O) groups is 6. The smallest absolute Gasteiger partial charge is 0.338 e. The van der Waals surface area contributed by atoms with Crippen LogP contribution in [0.3, 0.4) is 0 Å². The van der Waals surface area contributed by atoms with Crippen LogP contribution in [0.5, 0.6) is 0 Å². The molecule has 1 unspecified atom stereocenters. The van der Waals surface area contributed by atoms with Crippen molar-refractivity contribution in [2.75, 3.05) is 13.2 Å². The number of hydrogen-bond acceptors (Lipinski definition) is 15. The summed E-state index contributed by atoms with van der Waals surface area (Å²) in [4.78, 5) is 83.6. The number of fused-ring (bicyclic) bond motifs is 5. The van der Waals surface area contributed by atoms with Crippen molar-refractivity contribution in [1.29, 1.82) is 0 Å². The van der Waals surface area contributed by atoms with E-state index in [9.17, 15) is 44.4 Å². The maximum absolute atomic E-state index is 15.5. The van der Waals surface area contributed by atoms with E-state index in [-0.39, 0.29) is 35.3 Å². The standard InChI is InChI=1S/C47H51NO15/c1-25-30(60-43(57)36(53)35(27-15-9-6-10-16-27)48-41(55)28-17-11-7-12-18-28)22-47(58)40(62-42(56)29-19-13-8-14-20-29)38-45(5,31(51)21-32-46(38,24-59-32)63-26(2)50)39(54)37(61-33(52)23-49)34(25)44(47,3)4/h6-20,30-32,35-38,40,49,51,53,58H,21-24H2,1-5H3,(H,48,55)/t30-,31-,32+,35-,36+,37+,38?,40-,45+,46-,47+/m0/s1. The number of Topliss-reactive ketones (excluding diaryl/α,β-unsaturated/α-hetero) is 1. The molecule has 4 aliphatic rings. The molecule has 16 nitrogen and oxygen atoms in total. The van der Waals surface area contributed by atoms with Crippen LogP contribution in [-0.2, 0) is 42.9 Å². The highest BCUT2D eigenvalue weighted by atomic mass is 16.6. The molecule has 0 aromatic heterocycles. The van der Waals surface area contributed by atoms with Gasteiger partial charge in [-0.3, -0.25) is 14.4 Å². The molecule has 1 amide bonds. The second kappa shape index (κ2) is 17.1. The molecule has 3 aromatic rings. The van der Waals surface area contributed by atoms with Crippen molar-refractivity contribution in [3.8, 4) is 0 Å². The van der Waals surface area contributed by atoms with Crippen molar-refractivity contribution in [1.82, 2.24) is 5.32 Å². The Labute approximate surface area is 363 Å². The highest BCUT2D eigenvalue weighted by Gasteiger charge is 2.78. The van der Waals surface area contributed by atoms with Gasteiger partial charge in [-0.15, -0.1) is 0 Å². The number of nitrogens with one attached hydrogen (secondary N) is 1. The fourth-order valence-electron chi connectivity index (χ4n) is 10.2. The molecule has 11 atom stereocenters. The fourth-order valence-corrected chi connectivity index (χ4v) is 10.2. The van der Waals surface area contributed by atoms with Gasteiger partial charge in [0.15, 0.2) is 23.6 Å². The second-order valence-electron chi connectivity index (χ2n) is 17.4. The Kier molecular flexibility index (Phi) is 12.3. The lowest BCUT2D eigenvalue weighted by atomic mass is 9.44. The first kappa shape index (κ1) is 45.3. The molecule has 0 radical (unpaired) electrons. The molecular formula is C47H51NO15. The lowest BCUT2D eigenvalue weighted by Crippen LogP contribution is -2.82. The SMILES string of the molecule is CC(=O)O[C@@]12CO[C@@H]1C[C@H](O)[C@@]1(C)C(=O)[C@H](OC(=O)CO)C3=C(C)[C@@H](OC(=O)[C@H](O)[C@@H](NC(=O)c4ccccc4)c4ccccc4)C[C@@](O)([C@@H](OC(=O)c4ccccc4)C12)C3(C)C. The number of rotatable bonds is 11. The van der Waals surface area contributed by atoms with E-state index >= 15 is 4.79 Å². The van der Waals surface area contributed by atoms with Crippen molar-refractivity contribution in [2.24, 2.45) is 16.7 Å². The average Bonchev–Trinajstić information content (AvgIpc) is 3.26. The maximum atomic E-state index is 15.5. The number of carbonyl (C=O) groups excluding carboxylic acids is 6. The number of amides is 1. The zero-order valence-electron chi connectivity index (χ0n) is 35.4. The average molecular weight is 870 g/mol. The van der Waals surface area contributed by atoms with Gasteiger partial charge < -0.3 is 49.4 Å². The van der Waals surface area contributed by atoms with Crippen LogP contribution in [0.15, 0.2) is 102 Å². The molecular weight excluding hydrogens is 819 g/mol. The van der Waals surface area contributed by atoms with Crippen LogP contribution in [0.4, 0.5) is 0 Å². The minimum Gasteiger partial charge on any atom is -0.456 e. The van der Waals surface area contributed by atoms with Crippen LogP contribution < -0.4 is 5.32 Å². The van der Waals surface area contributed by atoms with E-state index < -0.39 is 119 Å². The number of hydrogen-bond donors (Lipinski definition) is 5. The van der Waals surface area contributed by atoms with E-state index in [0.29, 0.717) is 5.56 Å². The zero-order valence-corrected chi connectivity index (χ0v) is 35.4. The Balaban J connectivity index is 1.40. The predicted octanol–water partition coefficient (Wildman–Crippen LogP) is 2.71. The summed E-state index contributed by atoms with van der Waals surface area (Å²) in [5, 5.41) is 50.2. The van der Waals surface area contributed by atoms with E-state index in [0.717, 1.165) is 6.92 Å². The molecule has 3 aliphatic carbocycles. The number of aliphatic hydroxyl groups excluding tert-OH is 3. The largest absolute Gasteiger partial charge is 0.456 e. The first-order chi connectivity index (χ1) is 29.8. The summed E-state index contributed by atoms with van der Waals surface area (Å²) in [6, 6.07) is 22.7. The van der Waals surface area contributed by atoms with Crippen molar-refractivity contribution in [3.63, 3.8) is 0 Å². The molecule has 5 N–H and O–H groups in total. The Hall–Kier alpha value is -5.78. The Morgan fingerprint density at radius 3 is 2.02 bits per heavy atom. The number of aliphatic hydroxyl groups is 4. The first-order valence-electron chi connectivity index (χ1n) is 20.6. The van der Waals surface area contributed by atoms with Gasteiger partial charge in [0.1, 0.15) is 30.5 Å². The monoisotopic (exact) mass is 869 g/mol. The van der Waals surface area contributed by atoms with E-state index in [1.807, 2.05) is 0 Å². The van der Waals surface area contributed by atoms with Gasteiger partial charge in [-0.25, -0.2) is 14.4 Å². The molecule has 3 fully saturated rings. The lowest BCUT2D eigenvalue weighted by Gasteiger charge is -2.67. The van der Waals surface area contributed by atoms with Gasteiger partial charge in [0.25, 0.3) is 5.91 Å². The summed E-state index contributed by atoms with van der Waals surface area (Å²) in [6.45, 7) is 5.44. The van der Waals surface area contributed by atoms with Gasteiger partial charge in [0, 0.05) is 30.7 Å². The number of benzene rings is 3.